The van der Waals surface area contributed by atoms with Crippen LogP contribution in [0.25, 0.3) is 0 Å². The van der Waals surface area contributed by atoms with Crippen molar-refractivity contribution in [3.05, 3.63) is 114 Å². The first-order valence-corrected chi connectivity index (χ1v) is 18.7. The molecule has 292 valence electrons. The van der Waals surface area contributed by atoms with Gasteiger partial charge in [-0.3, -0.25) is 24.0 Å². The van der Waals surface area contributed by atoms with E-state index in [2.05, 4.69) is 25.7 Å². The van der Waals surface area contributed by atoms with Crippen molar-refractivity contribution < 1.29 is 52.0 Å². The molecule has 17 nitrogen and oxygen atoms in total. The number of carbonyl (C=O) groups excluding carboxylic acids is 2. The number of hydrogen-bond acceptors (Lipinski definition) is 14. The van der Waals surface area contributed by atoms with Crippen LogP contribution in [0.15, 0.2) is 96.2 Å². The minimum atomic E-state index is -4.37. The van der Waals surface area contributed by atoms with Crippen molar-refractivity contribution in [3.8, 4) is 5.75 Å². The summed E-state index contributed by atoms with van der Waals surface area (Å²) in [6.07, 6.45) is -5.18. The maximum Gasteiger partial charge on any atom is 0.459 e. The summed E-state index contributed by atoms with van der Waals surface area (Å²) < 4.78 is 57.1. The average Bonchev–Trinajstić information content (AvgIpc) is 3.73. The van der Waals surface area contributed by atoms with Crippen molar-refractivity contribution in [2.24, 2.45) is 10.7 Å². The Balaban J connectivity index is 1.12. The molecule has 19 heteroatoms. The molecule has 0 saturated carbocycles. The minimum absolute atomic E-state index is 0.0134. The molecule has 0 aliphatic carbocycles. The van der Waals surface area contributed by atoms with E-state index in [0.29, 0.717) is 5.56 Å². The summed E-state index contributed by atoms with van der Waals surface area (Å²) in [6.45, 7) is 0.859. The summed E-state index contributed by atoms with van der Waals surface area (Å²) in [6, 6.07) is 20.6. The Bertz CT molecular complexity index is 2010. The topological polar surface area (TPSA) is 230 Å². The fourth-order valence-corrected chi connectivity index (χ4v) is 7.23. The van der Waals surface area contributed by atoms with Gasteiger partial charge in [0, 0.05) is 7.11 Å². The molecule has 6 rings (SSSR count). The van der Waals surface area contributed by atoms with Crippen LogP contribution in [-0.2, 0) is 45.9 Å². The zero-order valence-electron chi connectivity index (χ0n) is 29.7. The number of para-hydroxylation sites is 1. The SMILES string of the molecule is COC1N=C(NC(=O)C(N)Cc2ccc(F)cc2)Nc2c1ncn2[C@H]1O[C@@H](COP(=O)(NC(C)C(=O)OCc2ccccc2)Oc2ccccc2)[C@H](O)[C@H]1O. The van der Waals surface area contributed by atoms with Crippen LogP contribution < -0.4 is 26.0 Å². The lowest BCUT2D eigenvalue weighted by Gasteiger charge is -2.26. The van der Waals surface area contributed by atoms with Gasteiger partial charge in [0.1, 0.15) is 54.0 Å². The van der Waals surface area contributed by atoms with Crippen LogP contribution in [0.1, 0.15) is 36.2 Å². The predicted octanol–water partition coefficient (Wildman–Crippen LogP) is 2.68. The molecule has 1 aromatic heterocycles. The second-order valence-corrected chi connectivity index (χ2v) is 14.4. The fourth-order valence-electron chi connectivity index (χ4n) is 5.73. The number of aromatic nitrogens is 2. The first kappa shape index (κ1) is 39.6. The number of rotatable bonds is 15. The lowest BCUT2D eigenvalue weighted by Crippen LogP contribution is -2.48. The number of ether oxygens (including phenoxy) is 3. The highest BCUT2D eigenvalue weighted by Gasteiger charge is 2.47. The maximum atomic E-state index is 14.1. The molecule has 0 radical (unpaired) electrons. The highest BCUT2D eigenvalue weighted by molar-refractivity contribution is 7.52. The molecule has 0 bridgehead atoms. The Kier molecular flexibility index (Phi) is 12.7. The number of hydrogen-bond donors (Lipinski definition) is 6. The van der Waals surface area contributed by atoms with Gasteiger partial charge in [-0.15, -0.1) is 0 Å². The van der Waals surface area contributed by atoms with Gasteiger partial charge in [-0.1, -0.05) is 60.7 Å². The summed E-state index contributed by atoms with van der Waals surface area (Å²) in [5.74, 6) is -1.41. The molecular formula is C36H41FN7O10P. The van der Waals surface area contributed by atoms with Gasteiger partial charge in [-0.05, 0) is 48.7 Å². The van der Waals surface area contributed by atoms with Gasteiger partial charge in [-0.25, -0.2) is 18.9 Å². The van der Waals surface area contributed by atoms with Crippen LogP contribution in [0, 0.1) is 5.82 Å². The third-order valence-electron chi connectivity index (χ3n) is 8.63. The van der Waals surface area contributed by atoms with Crippen molar-refractivity contribution in [1.82, 2.24) is 20.0 Å². The van der Waals surface area contributed by atoms with Crippen LogP contribution in [0.5, 0.6) is 5.75 Å². The highest BCUT2D eigenvalue weighted by Crippen LogP contribution is 2.46. The van der Waals surface area contributed by atoms with Crippen LogP contribution in [-0.4, -0.2) is 81.7 Å². The van der Waals surface area contributed by atoms with E-state index in [-0.39, 0.29) is 36.2 Å². The van der Waals surface area contributed by atoms with E-state index in [9.17, 15) is 28.8 Å². The average molecular weight is 782 g/mol. The van der Waals surface area contributed by atoms with Crippen molar-refractivity contribution >= 4 is 31.4 Å². The third-order valence-corrected chi connectivity index (χ3v) is 10.3. The molecule has 1 amide bonds. The third kappa shape index (κ3) is 9.80. The van der Waals surface area contributed by atoms with E-state index in [1.54, 1.807) is 54.6 Å². The molecule has 1 saturated heterocycles. The number of esters is 1. The zero-order chi connectivity index (χ0) is 39.1. The number of fused-ring (bicyclic) bond motifs is 1. The van der Waals surface area contributed by atoms with Gasteiger partial charge in [0.05, 0.1) is 19.0 Å². The largest absolute Gasteiger partial charge is 0.460 e. The molecular weight excluding hydrogens is 740 g/mol. The Hall–Kier alpha value is -5.04. The van der Waals surface area contributed by atoms with Gasteiger partial charge in [0.25, 0.3) is 0 Å². The van der Waals surface area contributed by atoms with Crippen molar-refractivity contribution in [1.29, 1.82) is 0 Å². The van der Waals surface area contributed by atoms with E-state index in [0.717, 1.165) is 5.56 Å². The first-order valence-electron chi connectivity index (χ1n) is 17.2. The summed E-state index contributed by atoms with van der Waals surface area (Å²) in [5, 5.41) is 30.3. The Morgan fingerprint density at radius 1 is 1.04 bits per heavy atom. The normalized spacial score (nSPS) is 22.7. The summed E-state index contributed by atoms with van der Waals surface area (Å²) in [4.78, 5) is 34.5. The lowest BCUT2D eigenvalue weighted by molar-refractivity contribution is -0.146. The number of aliphatic hydroxyl groups is 2. The van der Waals surface area contributed by atoms with E-state index in [4.69, 9.17) is 29.0 Å². The molecule has 8 atom stereocenters. The second kappa shape index (κ2) is 17.6. The standard InChI is InChI=1S/C36H41FN7O10P/c1-21(35(48)51-18-23-9-5-3-6-10-23)43-55(49,54-25-11-7-4-8-12-25)52-19-27-29(45)30(46)34(53-27)44-20-39-28-31(44)40-36(42-33(28)50-2)41-32(47)26(38)17-22-13-15-24(37)16-14-22/h3-16,20-21,26-27,29-30,33-34,45-46H,17-19,38H2,1-2H3,(H,43,49)(H2,40,41,42,47)/t21?,26?,27-,29-,30+,33?,34-,55?/m0/s1. The monoisotopic (exact) mass is 781 g/mol. The zero-order valence-corrected chi connectivity index (χ0v) is 30.6. The van der Waals surface area contributed by atoms with E-state index in [1.807, 2.05) is 6.07 Å². The number of nitrogens with zero attached hydrogens (tertiary/aromatic N) is 3. The molecule has 7 N–H and O–H groups in total. The van der Waals surface area contributed by atoms with Crippen molar-refractivity contribution in [2.75, 3.05) is 19.0 Å². The Morgan fingerprint density at radius 3 is 2.42 bits per heavy atom. The number of anilines is 1. The number of nitrogens with one attached hydrogen (secondary N) is 3. The quantitative estimate of drug-likeness (QED) is 0.0753. The van der Waals surface area contributed by atoms with Crippen molar-refractivity contribution in [3.63, 3.8) is 0 Å². The molecule has 0 spiro atoms. The van der Waals surface area contributed by atoms with Gasteiger partial charge in [0.2, 0.25) is 11.9 Å². The van der Waals surface area contributed by atoms with Crippen LogP contribution in [0.4, 0.5) is 10.2 Å². The van der Waals surface area contributed by atoms with Gasteiger partial charge < -0.3 is 40.0 Å². The molecule has 55 heavy (non-hydrogen) atoms. The number of halogens is 1. The van der Waals surface area contributed by atoms with Gasteiger partial charge >= 0.3 is 13.7 Å². The van der Waals surface area contributed by atoms with E-state index >= 15 is 0 Å². The number of amides is 1. The molecule has 4 unspecified atom stereocenters. The number of nitrogens with two attached hydrogens (primary N) is 1. The number of aliphatic hydroxyl groups excluding tert-OH is 2. The molecule has 3 aromatic carbocycles. The highest BCUT2D eigenvalue weighted by atomic mass is 31.2. The van der Waals surface area contributed by atoms with Gasteiger partial charge in [0.15, 0.2) is 12.5 Å². The molecule has 4 aromatic rings. The number of aliphatic imine (C=N–C) groups is 1. The molecule has 3 heterocycles. The van der Waals surface area contributed by atoms with Crippen LogP contribution >= 0.6 is 7.75 Å². The fraction of sp³-hybridized carbons (Fsp3) is 0.333. The molecule has 2 aliphatic heterocycles. The first-order chi connectivity index (χ1) is 26.4. The van der Waals surface area contributed by atoms with E-state index in [1.165, 1.54) is 49.2 Å². The number of imidazole rings is 1. The number of carbonyl (C=O) groups is 2. The maximum absolute atomic E-state index is 14.1. The van der Waals surface area contributed by atoms with E-state index < -0.39 is 74.9 Å². The lowest BCUT2D eigenvalue weighted by atomic mass is 10.1. The number of benzene rings is 3. The number of guanidine groups is 1. The summed E-state index contributed by atoms with van der Waals surface area (Å²) in [5.41, 5.74) is 7.80. The predicted molar refractivity (Wildman–Crippen MR) is 195 cm³/mol. The second-order valence-electron chi connectivity index (χ2n) is 12.7. The molecule has 2 aliphatic rings. The van der Waals surface area contributed by atoms with Gasteiger partial charge in [-0.2, -0.15) is 5.09 Å². The van der Waals surface area contributed by atoms with Crippen LogP contribution in [0.2, 0.25) is 0 Å². The minimum Gasteiger partial charge on any atom is -0.460 e. The number of methoxy groups -OCH3 is 1. The van der Waals surface area contributed by atoms with Crippen LogP contribution in [0.3, 0.4) is 0 Å². The summed E-state index contributed by atoms with van der Waals surface area (Å²) >= 11 is 0. The molecule has 1 fully saturated rings. The van der Waals surface area contributed by atoms with Crippen molar-refractivity contribution in [2.45, 2.75) is 62.8 Å². The Labute approximate surface area is 315 Å². The smallest absolute Gasteiger partial charge is 0.459 e. The summed E-state index contributed by atoms with van der Waals surface area (Å²) in [7, 11) is -2.98. The Morgan fingerprint density at radius 2 is 1.73 bits per heavy atom.